The van der Waals surface area contributed by atoms with Gasteiger partial charge >= 0.3 is 0 Å². The molecule has 4 nitrogen and oxygen atoms in total. The number of halogens is 2. The van der Waals surface area contributed by atoms with E-state index in [2.05, 4.69) is 64.1 Å². The van der Waals surface area contributed by atoms with E-state index in [0.717, 1.165) is 38.5 Å². The van der Waals surface area contributed by atoms with Crippen molar-refractivity contribution in [2.75, 3.05) is 13.1 Å². The van der Waals surface area contributed by atoms with Gasteiger partial charge in [-0.05, 0) is 67.4 Å². The van der Waals surface area contributed by atoms with E-state index in [9.17, 15) is 4.79 Å². The summed E-state index contributed by atoms with van der Waals surface area (Å²) in [6.45, 7) is 6.57. The minimum absolute atomic E-state index is 0. The largest absolute Gasteiger partial charge is 0.351 e. The number of nitrogens with zero attached hydrogens (tertiary/aromatic N) is 1. The fraction of sp³-hybridized carbons (Fsp3) is 0.458. The molecule has 0 aromatic heterocycles. The van der Waals surface area contributed by atoms with E-state index in [1.807, 2.05) is 6.92 Å². The number of fused-ring (bicyclic) bond motifs is 1. The second-order valence-corrected chi connectivity index (χ2v) is 8.27. The van der Waals surface area contributed by atoms with Gasteiger partial charge in [-0.3, -0.25) is 9.69 Å². The lowest BCUT2D eigenvalue weighted by Gasteiger charge is -2.35. The molecule has 2 aliphatic rings. The third-order valence-corrected chi connectivity index (χ3v) is 6.31. The third-order valence-electron chi connectivity index (χ3n) is 6.31. The zero-order valence-electron chi connectivity index (χ0n) is 17.6. The smallest absolute Gasteiger partial charge is 0.237 e. The maximum atomic E-state index is 12.7. The molecule has 1 atom stereocenters. The Hall–Kier alpha value is -1.59. The number of nitrogens with one attached hydrogen (secondary N) is 2. The van der Waals surface area contributed by atoms with E-state index < -0.39 is 0 Å². The van der Waals surface area contributed by atoms with Crippen molar-refractivity contribution in [3.63, 3.8) is 0 Å². The van der Waals surface area contributed by atoms with Crippen molar-refractivity contribution in [2.45, 2.75) is 51.9 Å². The van der Waals surface area contributed by atoms with Gasteiger partial charge in [-0.25, -0.2) is 0 Å². The lowest BCUT2D eigenvalue weighted by molar-refractivity contribution is -0.126. The summed E-state index contributed by atoms with van der Waals surface area (Å²) in [6.07, 6.45) is 3.50. The Balaban J connectivity index is 0.00000160. The van der Waals surface area contributed by atoms with Crippen LogP contribution in [0.2, 0.25) is 0 Å². The van der Waals surface area contributed by atoms with Crippen molar-refractivity contribution < 1.29 is 4.79 Å². The topological polar surface area (TPSA) is 44.4 Å². The Morgan fingerprint density at radius 3 is 2.47 bits per heavy atom. The van der Waals surface area contributed by atoms with Crippen LogP contribution in [0.5, 0.6) is 0 Å². The van der Waals surface area contributed by atoms with E-state index in [1.165, 1.54) is 35.1 Å². The first-order valence-electron chi connectivity index (χ1n) is 10.6. The van der Waals surface area contributed by atoms with Crippen LogP contribution >= 0.6 is 24.8 Å². The monoisotopic (exact) mass is 449 g/mol. The van der Waals surface area contributed by atoms with Crippen LogP contribution in [0.4, 0.5) is 0 Å². The summed E-state index contributed by atoms with van der Waals surface area (Å²) in [5, 5.41) is 6.50. The fourth-order valence-corrected chi connectivity index (χ4v) is 4.45. The first-order valence-corrected chi connectivity index (χ1v) is 10.6. The summed E-state index contributed by atoms with van der Waals surface area (Å²) in [4.78, 5) is 15.0. The number of amides is 1. The third kappa shape index (κ3) is 6.21. The molecule has 1 saturated heterocycles. The molecule has 4 rings (SSSR count). The second-order valence-electron chi connectivity index (χ2n) is 8.27. The summed E-state index contributed by atoms with van der Waals surface area (Å²) in [5.41, 5.74) is 5.35. The van der Waals surface area contributed by atoms with Crippen molar-refractivity contribution >= 4 is 30.7 Å². The minimum Gasteiger partial charge on any atom is -0.351 e. The van der Waals surface area contributed by atoms with Gasteiger partial charge in [0.2, 0.25) is 5.91 Å². The Labute approximate surface area is 192 Å². The molecule has 0 radical (unpaired) electrons. The highest BCUT2D eigenvalue weighted by molar-refractivity contribution is 5.85. The van der Waals surface area contributed by atoms with E-state index in [1.54, 1.807) is 0 Å². The number of benzene rings is 2. The molecule has 1 fully saturated rings. The lowest BCUT2D eigenvalue weighted by atomic mass is 9.89. The van der Waals surface area contributed by atoms with Crippen LogP contribution in [0.3, 0.4) is 0 Å². The standard InChI is InChI=1S/C24H31N3O.2ClH/c1-18(24(28)26-15-21-7-8-22-16-25-17-23(22)14-21)27-11-9-20(10-12-27)13-19-5-3-2-4-6-19;;/h2-8,14,18,20,25H,9-13,15-17H2,1H3,(H,26,28);2*1H. The number of carbonyl (C=O) groups excluding carboxylic acids is 1. The van der Waals surface area contributed by atoms with Gasteiger partial charge in [0.25, 0.3) is 0 Å². The van der Waals surface area contributed by atoms with E-state index in [4.69, 9.17) is 0 Å². The molecule has 6 heteroatoms. The summed E-state index contributed by atoms with van der Waals surface area (Å²) in [7, 11) is 0. The van der Waals surface area contributed by atoms with Gasteiger partial charge in [-0.1, -0.05) is 48.5 Å². The van der Waals surface area contributed by atoms with Gasteiger partial charge in [0, 0.05) is 19.6 Å². The predicted molar refractivity (Wildman–Crippen MR) is 127 cm³/mol. The quantitative estimate of drug-likeness (QED) is 0.697. The van der Waals surface area contributed by atoms with Gasteiger partial charge in [0.15, 0.2) is 0 Å². The second kappa shape index (κ2) is 11.7. The van der Waals surface area contributed by atoms with E-state index in [-0.39, 0.29) is 36.8 Å². The molecule has 2 heterocycles. The van der Waals surface area contributed by atoms with Crippen LogP contribution in [-0.4, -0.2) is 29.9 Å². The van der Waals surface area contributed by atoms with Crippen molar-refractivity contribution in [2.24, 2.45) is 5.92 Å². The van der Waals surface area contributed by atoms with Crippen LogP contribution in [0.1, 0.15) is 42.0 Å². The highest BCUT2D eigenvalue weighted by Gasteiger charge is 2.26. The number of piperidine rings is 1. The zero-order chi connectivity index (χ0) is 19.3. The average molecular weight is 450 g/mol. The average Bonchev–Trinajstić information content (AvgIpc) is 3.21. The number of rotatable bonds is 6. The van der Waals surface area contributed by atoms with Crippen LogP contribution in [0.15, 0.2) is 48.5 Å². The summed E-state index contributed by atoms with van der Waals surface area (Å²) in [6, 6.07) is 17.2. The van der Waals surface area contributed by atoms with Crippen molar-refractivity contribution in [1.82, 2.24) is 15.5 Å². The van der Waals surface area contributed by atoms with Gasteiger partial charge in [0.05, 0.1) is 6.04 Å². The van der Waals surface area contributed by atoms with Crippen LogP contribution in [0.25, 0.3) is 0 Å². The molecule has 164 valence electrons. The van der Waals surface area contributed by atoms with Crippen molar-refractivity contribution in [3.05, 3.63) is 70.8 Å². The first kappa shape index (κ1) is 24.7. The van der Waals surface area contributed by atoms with Crippen molar-refractivity contribution in [1.29, 1.82) is 0 Å². The molecular formula is C24H33Cl2N3O. The molecule has 1 amide bonds. The van der Waals surface area contributed by atoms with Crippen LogP contribution < -0.4 is 10.6 Å². The van der Waals surface area contributed by atoms with Gasteiger partial charge in [0.1, 0.15) is 0 Å². The van der Waals surface area contributed by atoms with Crippen LogP contribution in [-0.2, 0) is 30.8 Å². The predicted octanol–water partition coefficient (Wildman–Crippen LogP) is 4.09. The van der Waals surface area contributed by atoms with Gasteiger partial charge < -0.3 is 10.6 Å². The highest BCUT2D eigenvalue weighted by Crippen LogP contribution is 2.23. The Morgan fingerprint density at radius 1 is 1.03 bits per heavy atom. The lowest BCUT2D eigenvalue weighted by Crippen LogP contribution is -2.48. The van der Waals surface area contributed by atoms with Crippen molar-refractivity contribution in [3.8, 4) is 0 Å². The number of hydrogen-bond acceptors (Lipinski definition) is 3. The van der Waals surface area contributed by atoms with E-state index >= 15 is 0 Å². The molecule has 2 aliphatic heterocycles. The number of likely N-dealkylation sites (tertiary alicyclic amines) is 1. The molecule has 0 aliphatic carbocycles. The Kier molecular flexibility index (Phi) is 9.63. The zero-order valence-corrected chi connectivity index (χ0v) is 19.2. The Bertz CT molecular complexity index is 807. The molecule has 0 spiro atoms. The molecular weight excluding hydrogens is 417 g/mol. The van der Waals surface area contributed by atoms with E-state index in [0.29, 0.717) is 6.54 Å². The molecule has 1 unspecified atom stereocenters. The van der Waals surface area contributed by atoms with Crippen LogP contribution in [0, 0.1) is 5.92 Å². The highest BCUT2D eigenvalue weighted by atomic mass is 35.5. The SMILES string of the molecule is CC(C(=O)NCc1ccc2c(c1)CNC2)N1CCC(Cc2ccccc2)CC1.Cl.Cl. The molecule has 0 bridgehead atoms. The molecule has 2 aromatic rings. The normalized spacial score (nSPS) is 17.4. The maximum Gasteiger partial charge on any atom is 0.237 e. The summed E-state index contributed by atoms with van der Waals surface area (Å²) in [5.74, 6) is 0.870. The molecule has 30 heavy (non-hydrogen) atoms. The molecule has 2 aromatic carbocycles. The first-order chi connectivity index (χ1) is 13.7. The fourth-order valence-electron chi connectivity index (χ4n) is 4.45. The maximum absolute atomic E-state index is 12.7. The van der Waals surface area contributed by atoms with Gasteiger partial charge in [-0.15, -0.1) is 24.8 Å². The molecule has 2 N–H and O–H groups in total. The number of carbonyl (C=O) groups is 1. The minimum atomic E-state index is -0.0613. The van der Waals surface area contributed by atoms with Gasteiger partial charge in [-0.2, -0.15) is 0 Å². The number of hydrogen-bond donors (Lipinski definition) is 2. The Morgan fingerprint density at radius 2 is 1.73 bits per heavy atom. The molecule has 0 saturated carbocycles. The summed E-state index contributed by atoms with van der Waals surface area (Å²) < 4.78 is 0. The summed E-state index contributed by atoms with van der Waals surface area (Å²) >= 11 is 0.